The highest BCUT2D eigenvalue weighted by molar-refractivity contribution is 6.13. The lowest BCUT2D eigenvalue weighted by molar-refractivity contribution is -0.660. The number of pyridine rings is 1. The quantitative estimate of drug-likeness (QED) is 0.177. The number of nitrogens with zero attached hydrogens (tertiary/aromatic N) is 1. The van der Waals surface area contributed by atoms with Crippen LogP contribution in [0.3, 0.4) is 0 Å². The molecule has 222 valence electrons. The molecule has 0 aliphatic carbocycles. The summed E-state index contributed by atoms with van der Waals surface area (Å²) < 4.78 is 9.12. The van der Waals surface area contributed by atoms with Crippen LogP contribution in [0.25, 0.3) is 66.6 Å². The lowest BCUT2D eigenvalue weighted by atomic mass is 9.82. The predicted molar refractivity (Wildman–Crippen MR) is 190 cm³/mol. The summed E-state index contributed by atoms with van der Waals surface area (Å²) >= 11 is 0. The molecule has 0 radical (unpaired) electrons. The predicted octanol–water partition coefficient (Wildman–Crippen LogP) is 11.6. The smallest absolute Gasteiger partial charge is 0.216 e. The molecule has 2 heteroatoms. The molecule has 0 aliphatic rings. The standard InChI is InChI=1S/C43H40NO/c1-27(2)37-24-33(30-14-9-7-10-15-30)25-38(28(3)4)41(37)32-22-23-44(6)39(26-32)40-29(5)20-21-36-35-19-13-18-34(42(35)45-43(36)40)31-16-11-8-12-17-31/h7-28H,1-6H3/q+1. The summed E-state index contributed by atoms with van der Waals surface area (Å²) in [7, 11) is 2.14. The molecule has 45 heavy (non-hydrogen) atoms. The van der Waals surface area contributed by atoms with Crippen LogP contribution in [0.4, 0.5) is 0 Å². The number of para-hydroxylation sites is 1. The summed E-state index contributed by atoms with van der Waals surface area (Å²) in [4.78, 5) is 0. The number of aryl methyl sites for hydroxylation is 2. The van der Waals surface area contributed by atoms with Crippen molar-refractivity contribution in [3.8, 4) is 44.6 Å². The van der Waals surface area contributed by atoms with E-state index in [0.717, 1.165) is 44.3 Å². The maximum absolute atomic E-state index is 6.88. The Balaban J connectivity index is 1.47. The number of aromatic nitrogens is 1. The van der Waals surface area contributed by atoms with Crippen molar-refractivity contribution in [2.75, 3.05) is 0 Å². The maximum atomic E-state index is 6.88. The fraction of sp³-hybridized carbons (Fsp3) is 0.186. The van der Waals surface area contributed by atoms with Crippen molar-refractivity contribution in [1.29, 1.82) is 0 Å². The third kappa shape index (κ3) is 5.05. The molecule has 0 atom stereocenters. The van der Waals surface area contributed by atoms with Gasteiger partial charge in [-0.3, -0.25) is 0 Å². The average Bonchev–Trinajstić information content (AvgIpc) is 3.44. The molecule has 2 aromatic heterocycles. The fourth-order valence-corrected chi connectivity index (χ4v) is 6.83. The van der Waals surface area contributed by atoms with Gasteiger partial charge in [-0.05, 0) is 63.3 Å². The first-order valence-corrected chi connectivity index (χ1v) is 16.1. The molecule has 0 amide bonds. The molecule has 0 unspecified atom stereocenters. The molecular formula is C43H40NO+. The Kier molecular flexibility index (Phi) is 7.37. The summed E-state index contributed by atoms with van der Waals surface area (Å²) in [6.07, 6.45) is 2.21. The molecule has 0 N–H and O–H groups in total. The van der Waals surface area contributed by atoms with E-state index in [0.29, 0.717) is 11.8 Å². The van der Waals surface area contributed by atoms with Crippen LogP contribution in [-0.2, 0) is 7.05 Å². The topological polar surface area (TPSA) is 17.0 Å². The number of furan rings is 1. The van der Waals surface area contributed by atoms with E-state index in [4.69, 9.17) is 4.42 Å². The van der Waals surface area contributed by atoms with Gasteiger partial charge in [0.2, 0.25) is 5.69 Å². The van der Waals surface area contributed by atoms with Crippen LogP contribution in [-0.4, -0.2) is 0 Å². The third-order valence-electron chi connectivity index (χ3n) is 9.21. The number of hydrogen-bond acceptors (Lipinski definition) is 1. The molecule has 0 fully saturated rings. The Labute approximate surface area is 266 Å². The van der Waals surface area contributed by atoms with Gasteiger partial charge in [0.1, 0.15) is 18.2 Å². The van der Waals surface area contributed by atoms with Crippen LogP contribution in [0.1, 0.15) is 56.2 Å². The van der Waals surface area contributed by atoms with Crippen LogP contribution in [0.5, 0.6) is 0 Å². The Morgan fingerprint density at radius 2 is 1.16 bits per heavy atom. The maximum Gasteiger partial charge on any atom is 0.216 e. The van der Waals surface area contributed by atoms with E-state index in [-0.39, 0.29) is 0 Å². The highest BCUT2D eigenvalue weighted by atomic mass is 16.3. The van der Waals surface area contributed by atoms with Gasteiger partial charge in [-0.1, -0.05) is 131 Å². The number of hydrogen-bond donors (Lipinski definition) is 0. The van der Waals surface area contributed by atoms with Crippen LogP contribution in [0, 0.1) is 6.92 Å². The third-order valence-corrected chi connectivity index (χ3v) is 9.21. The largest absolute Gasteiger partial charge is 0.454 e. The van der Waals surface area contributed by atoms with Gasteiger partial charge in [0.05, 0.1) is 5.56 Å². The van der Waals surface area contributed by atoms with Crippen LogP contribution in [0.15, 0.2) is 126 Å². The highest BCUT2D eigenvalue weighted by Gasteiger charge is 2.25. The van der Waals surface area contributed by atoms with Crippen LogP contribution in [0.2, 0.25) is 0 Å². The van der Waals surface area contributed by atoms with E-state index < -0.39 is 0 Å². The second kappa shape index (κ2) is 11.5. The lowest BCUT2D eigenvalue weighted by Gasteiger charge is -2.22. The van der Waals surface area contributed by atoms with Gasteiger partial charge >= 0.3 is 0 Å². The molecule has 2 nitrogen and oxygen atoms in total. The van der Waals surface area contributed by atoms with Crippen molar-refractivity contribution >= 4 is 21.9 Å². The van der Waals surface area contributed by atoms with E-state index in [9.17, 15) is 0 Å². The number of rotatable bonds is 6. The molecule has 0 bridgehead atoms. The molecule has 0 saturated carbocycles. The average molecular weight is 587 g/mol. The van der Waals surface area contributed by atoms with Crippen molar-refractivity contribution < 1.29 is 8.98 Å². The summed E-state index contributed by atoms with van der Waals surface area (Å²) in [5.41, 5.74) is 15.5. The SMILES string of the molecule is Cc1ccc2c(oc3c(-c4ccccc4)cccc32)c1-c1cc(-c2c(C(C)C)cc(-c3ccccc3)cc2C(C)C)cc[n+]1C. The van der Waals surface area contributed by atoms with E-state index >= 15 is 0 Å². The second-order valence-electron chi connectivity index (χ2n) is 12.9. The first-order chi connectivity index (χ1) is 21.8. The van der Waals surface area contributed by atoms with Crippen molar-refractivity contribution in [2.24, 2.45) is 7.05 Å². The van der Waals surface area contributed by atoms with Crippen molar-refractivity contribution in [3.05, 3.63) is 138 Å². The van der Waals surface area contributed by atoms with Gasteiger partial charge in [-0.15, -0.1) is 0 Å². The normalized spacial score (nSPS) is 11.7. The fourth-order valence-electron chi connectivity index (χ4n) is 6.83. The minimum absolute atomic E-state index is 0.371. The van der Waals surface area contributed by atoms with Gasteiger partial charge in [-0.2, -0.15) is 0 Å². The summed E-state index contributed by atoms with van der Waals surface area (Å²) in [6, 6.07) is 41.7. The minimum Gasteiger partial charge on any atom is -0.454 e. The van der Waals surface area contributed by atoms with Gasteiger partial charge in [-0.25, -0.2) is 4.57 Å². The van der Waals surface area contributed by atoms with E-state index in [2.05, 4.69) is 168 Å². The molecule has 0 spiro atoms. The zero-order chi connectivity index (χ0) is 31.2. The lowest BCUT2D eigenvalue weighted by Crippen LogP contribution is -2.30. The van der Waals surface area contributed by atoms with Gasteiger partial charge < -0.3 is 4.42 Å². The van der Waals surface area contributed by atoms with Crippen molar-refractivity contribution in [2.45, 2.75) is 46.5 Å². The first kappa shape index (κ1) is 28.8. The Bertz CT molecular complexity index is 2140. The molecule has 7 aromatic rings. The van der Waals surface area contributed by atoms with Crippen molar-refractivity contribution in [3.63, 3.8) is 0 Å². The molecule has 7 rings (SSSR count). The number of benzene rings is 5. The van der Waals surface area contributed by atoms with Crippen LogP contribution < -0.4 is 4.57 Å². The van der Waals surface area contributed by atoms with E-state index in [1.807, 2.05) is 0 Å². The van der Waals surface area contributed by atoms with E-state index in [1.165, 1.54) is 38.9 Å². The monoisotopic (exact) mass is 586 g/mol. The Morgan fingerprint density at radius 1 is 0.533 bits per heavy atom. The summed E-state index contributed by atoms with van der Waals surface area (Å²) in [5, 5.41) is 2.29. The van der Waals surface area contributed by atoms with Gasteiger partial charge in [0.25, 0.3) is 0 Å². The molecule has 0 aliphatic heterocycles. The molecule has 0 saturated heterocycles. The zero-order valence-corrected chi connectivity index (χ0v) is 27.1. The summed E-state index contributed by atoms with van der Waals surface area (Å²) in [6.45, 7) is 11.4. The first-order valence-electron chi connectivity index (χ1n) is 16.1. The zero-order valence-electron chi connectivity index (χ0n) is 27.1. The van der Waals surface area contributed by atoms with Crippen LogP contribution >= 0.6 is 0 Å². The molecule has 2 heterocycles. The van der Waals surface area contributed by atoms with E-state index in [1.54, 1.807) is 0 Å². The number of fused-ring (bicyclic) bond motifs is 3. The highest BCUT2D eigenvalue weighted by Crippen LogP contribution is 2.43. The van der Waals surface area contributed by atoms with Crippen molar-refractivity contribution in [1.82, 2.24) is 0 Å². The molecule has 5 aromatic carbocycles. The summed E-state index contributed by atoms with van der Waals surface area (Å²) in [5.74, 6) is 0.742. The Hall–Kier alpha value is -4.95. The van der Waals surface area contributed by atoms with Gasteiger partial charge in [0, 0.05) is 28.5 Å². The molecular weight excluding hydrogens is 546 g/mol. The Morgan fingerprint density at radius 3 is 1.80 bits per heavy atom. The second-order valence-corrected chi connectivity index (χ2v) is 12.9. The minimum atomic E-state index is 0.371. The van der Waals surface area contributed by atoms with Gasteiger partial charge in [0.15, 0.2) is 6.20 Å².